The zero-order valence-corrected chi connectivity index (χ0v) is 19.3. The van der Waals surface area contributed by atoms with E-state index in [0.29, 0.717) is 0 Å². The van der Waals surface area contributed by atoms with Crippen LogP contribution in [0.4, 0.5) is 17.1 Å². The highest BCUT2D eigenvalue weighted by molar-refractivity contribution is 5.93. The molecule has 1 aromatic heterocycles. The molecule has 0 saturated heterocycles. The Hall–Kier alpha value is -4.17. The highest BCUT2D eigenvalue weighted by Crippen LogP contribution is 2.54. The second kappa shape index (κ2) is 6.28. The first-order valence-electron chi connectivity index (χ1n) is 12.6. The Labute approximate surface area is 204 Å². The first-order chi connectivity index (χ1) is 17.3. The number of hydrogen-bond donors (Lipinski definition) is 0. The zero-order chi connectivity index (χ0) is 22.7. The summed E-state index contributed by atoms with van der Waals surface area (Å²) in [7, 11) is 0. The van der Waals surface area contributed by atoms with Gasteiger partial charge < -0.3 is 4.90 Å². The summed E-state index contributed by atoms with van der Waals surface area (Å²) in [5.74, 6) is 0. The minimum absolute atomic E-state index is 0.960. The van der Waals surface area contributed by atoms with Gasteiger partial charge in [0.2, 0.25) is 0 Å². The van der Waals surface area contributed by atoms with Gasteiger partial charge in [-0.05, 0) is 97.8 Å². The van der Waals surface area contributed by atoms with Crippen LogP contribution in [0.3, 0.4) is 0 Å². The van der Waals surface area contributed by atoms with E-state index in [-0.39, 0.29) is 0 Å². The summed E-state index contributed by atoms with van der Waals surface area (Å²) in [5, 5.41) is 0. The predicted molar refractivity (Wildman–Crippen MR) is 141 cm³/mol. The molecule has 4 aliphatic rings. The molecule has 0 radical (unpaired) electrons. The highest BCUT2D eigenvalue weighted by atomic mass is 15.2. The van der Waals surface area contributed by atoms with Crippen molar-refractivity contribution in [3.63, 3.8) is 0 Å². The molecule has 0 bridgehead atoms. The van der Waals surface area contributed by atoms with E-state index >= 15 is 0 Å². The molecular weight excluding hydrogens is 424 g/mol. The summed E-state index contributed by atoms with van der Waals surface area (Å²) in [6.07, 6.45) is 8.16. The lowest BCUT2D eigenvalue weighted by molar-refractivity contribution is 0.974. The van der Waals surface area contributed by atoms with Gasteiger partial charge in [-0.1, -0.05) is 54.6 Å². The van der Waals surface area contributed by atoms with Crippen LogP contribution in [-0.4, -0.2) is 4.98 Å². The number of pyridine rings is 1. The van der Waals surface area contributed by atoms with E-state index in [1.807, 2.05) is 0 Å². The Bertz CT molecular complexity index is 1760. The number of aromatic nitrogens is 1. The molecule has 4 aromatic carbocycles. The highest BCUT2D eigenvalue weighted by Gasteiger charge is 2.35. The van der Waals surface area contributed by atoms with Crippen molar-refractivity contribution in [2.75, 3.05) is 4.90 Å². The Balaban J connectivity index is 1.26. The number of para-hydroxylation sites is 1. The van der Waals surface area contributed by atoms with Crippen molar-refractivity contribution in [3.05, 3.63) is 130 Å². The molecule has 35 heavy (non-hydrogen) atoms. The Morgan fingerprint density at radius 2 is 1.20 bits per heavy atom. The molecule has 0 amide bonds. The lowest BCUT2D eigenvalue weighted by Gasteiger charge is -2.39. The number of nitrogens with zero attached hydrogens (tertiary/aromatic N) is 2. The quantitative estimate of drug-likeness (QED) is 0.240. The van der Waals surface area contributed by atoms with Crippen LogP contribution >= 0.6 is 0 Å². The van der Waals surface area contributed by atoms with Gasteiger partial charge in [-0.25, -0.2) is 0 Å². The van der Waals surface area contributed by atoms with Crippen molar-refractivity contribution < 1.29 is 0 Å². The molecule has 0 spiro atoms. The molecule has 0 saturated carbocycles. The molecule has 0 atom stereocenters. The predicted octanol–water partition coefficient (Wildman–Crippen LogP) is 7.50. The average Bonchev–Trinajstić information content (AvgIpc) is 3.44. The van der Waals surface area contributed by atoms with E-state index in [4.69, 9.17) is 0 Å². The standard InChI is InChI=1S/C33H22N2/c1-3-7-25-19(5-1)11-21-13-22-14-29-26(28(22)16-27(21)25)9-10-32-30(29)15-24-18-34-17-23-12-20-6-2-4-8-31(20)35(32)33(23)24/h1-10,13,16-18H,11-12,14-15H2. The molecule has 0 fully saturated rings. The zero-order valence-electron chi connectivity index (χ0n) is 19.3. The summed E-state index contributed by atoms with van der Waals surface area (Å²) in [5.41, 5.74) is 21.2. The summed E-state index contributed by atoms with van der Waals surface area (Å²) in [6, 6.07) is 27.5. The van der Waals surface area contributed by atoms with Gasteiger partial charge >= 0.3 is 0 Å². The SMILES string of the molecule is c1ccc2c(c1)Cc1cc3c(cc1-2)-c1ccc2c(c1C3)Cc1cncc3c1N2c1ccccc1C3. The maximum absolute atomic E-state index is 4.65. The molecule has 0 N–H and O–H groups in total. The minimum atomic E-state index is 0.960. The van der Waals surface area contributed by atoms with Crippen LogP contribution in [0.25, 0.3) is 22.3 Å². The van der Waals surface area contributed by atoms with Crippen molar-refractivity contribution in [3.8, 4) is 22.3 Å². The summed E-state index contributed by atoms with van der Waals surface area (Å²) in [6.45, 7) is 0. The fourth-order valence-electron chi connectivity index (χ4n) is 7.10. The van der Waals surface area contributed by atoms with Crippen LogP contribution in [0.5, 0.6) is 0 Å². The van der Waals surface area contributed by atoms with Crippen LogP contribution in [0.1, 0.15) is 44.5 Å². The maximum atomic E-state index is 4.65. The fraction of sp³-hybridized carbons (Fsp3) is 0.121. The van der Waals surface area contributed by atoms with E-state index in [2.05, 4.69) is 95.1 Å². The number of fused-ring (bicyclic) bond motifs is 11. The van der Waals surface area contributed by atoms with Gasteiger partial charge in [-0.3, -0.25) is 4.98 Å². The normalized spacial score (nSPS) is 14.9. The maximum Gasteiger partial charge on any atom is 0.0563 e. The molecular formula is C33H22N2. The molecule has 2 aliphatic carbocycles. The second-order valence-electron chi connectivity index (χ2n) is 10.4. The van der Waals surface area contributed by atoms with E-state index in [9.17, 15) is 0 Å². The topological polar surface area (TPSA) is 16.1 Å². The Kier molecular flexibility index (Phi) is 3.27. The van der Waals surface area contributed by atoms with Gasteiger partial charge in [-0.2, -0.15) is 0 Å². The Morgan fingerprint density at radius 1 is 0.486 bits per heavy atom. The van der Waals surface area contributed by atoms with Gasteiger partial charge in [0, 0.05) is 30.9 Å². The van der Waals surface area contributed by atoms with Crippen LogP contribution < -0.4 is 4.90 Å². The summed E-state index contributed by atoms with van der Waals surface area (Å²) in [4.78, 5) is 7.17. The van der Waals surface area contributed by atoms with E-state index < -0.39 is 0 Å². The van der Waals surface area contributed by atoms with Crippen LogP contribution in [0, 0.1) is 0 Å². The van der Waals surface area contributed by atoms with Gasteiger partial charge in [-0.15, -0.1) is 0 Å². The molecule has 9 rings (SSSR count). The molecule has 0 unspecified atom stereocenters. The lowest BCUT2D eigenvalue weighted by atomic mass is 9.85. The monoisotopic (exact) mass is 446 g/mol. The number of hydrogen-bond acceptors (Lipinski definition) is 2. The second-order valence-corrected chi connectivity index (χ2v) is 10.4. The van der Waals surface area contributed by atoms with Gasteiger partial charge in [0.1, 0.15) is 0 Å². The molecule has 164 valence electrons. The van der Waals surface area contributed by atoms with Crippen LogP contribution in [0.2, 0.25) is 0 Å². The molecule has 2 nitrogen and oxygen atoms in total. The first kappa shape index (κ1) is 18.2. The van der Waals surface area contributed by atoms with Crippen molar-refractivity contribution >= 4 is 17.1 Å². The molecule has 2 heteroatoms. The third-order valence-electron chi connectivity index (χ3n) is 8.60. The lowest BCUT2D eigenvalue weighted by Crippen LogP contribution is -2.25. The first-order valence-corrected chi connectivity index (χ1v) is 12.6. The fourth-order valence-corrected chi connectivity index (χ4v) is 7.10. The average molecular weight is 447 g/mol. The summed E-state index contributed by atoms with van der Waals surface area (Å²) >= 11 is 0. The molecule has 3 heterocycles. The van der Waals surface area contributed by atoms with E-state index in [0.717, 1.165) is 25.7 Å². The third-order valence-corrected chi connectivity index (χ3v) is 8.60. The largest absolute Gasteiger partial charge is 0.309 e. The van der Waals surface area contributed by atoms with Crippen molar-refractivity contribution in [1.82, 2.24) is 4.98 Å². The minimum Gasteiger partial charge on any atom is -0.309 e. The van der Waals surface area contributed by atoms with Crippen molar-refractivity contribution in [1.29, 1.82) is 0 Å². The van der Waals surface area contributed by atoms with Crippen molar-refractivity contribution in [2.45, 2.75) is 25.7 Å². The smallest absolute Gasteiger partial charge is 0.0563 e. The molecule has 2 aliphatic heterocycles. The third kappa shape index (κ3) is 2.27. The van der Waals surface area contributed by atoms with Gasteiger partial charge in [0.05, 0.1) is 11.4 Å². The van der Waals surface area contributed by atoms with Gasteiger partial charge in [0.25, 0.3) is 0 Å². The number of benzene rings is 4. The number of rotatable bonds is 0. The Morgan fingerprint density at radius 3 is 2.14 bits per heavy atom. The number of anilines is 3. The van der Waals surface area contributed by atoms with Gasteiger partial charge in [0.15, 0.2) is 0 Å². The van der Waals surface area contributed by atoms with Crippen LogP contribution in [-0.2, 0) is 25.7 Å². The summed E-state index contributed by atoms with van der Waals surface area (Å²) < 4.78 is 0. The van der Waals surface area contributed by atoms with Crippen molar-refractivity contribution in [2.24, 2.45) is 0 Å². The van der Waals surface area contributed by atoms with E-state index in [1.54, 1.807) is 0 Å². The molecule has 5 aromatic rings. The van der Waals surface area contributed by atoms with E-state index in [1.165, 1.54) is 83.8 Å². The van der Waals surface area contributed by atoms with Crippen LogP contribution in [0.15, 0.2) is 85.2 Å².